The molecule has 0 nitrogen and oxygen atoms in total. The highest BCUT2D eigenvalue weighted by Gasteiger charge is 2.12. The average Bonchev–Trinajstić information content (AvgIpc) is 3.80. The second-order valence-electron chi connectivity index (χ2n) is 7.84. The lowest BCUT2D eigenvalue weighted by Crippen LogP contribution is -1.57. The van der Waals surface area contributed by atoms with E-state index in [1.807, 2.05) is 127 Å². The molecule has 0 radical (unpaired) electrons. The third-order valence-corrected chi connectivity index (χ3v) is 19.8. The van der Waals surface area contributed by atoms with Gasteiger partial charge in [0.15, 0.2) is 0 Å². The third-order valence-electron chi connectivity index (χ3n) is 4.98. The topological polar surface area (TPSA) is 0 Å². The van der Waals surface area contributed by atoms with E-state index in [0.29, 0.717) is 0 Å². The first-order chi connectivity index (χ1) is 20.2. The van der Waals surface area contributed by atoms with Crippen molar-refractivity contribution in [1.29, 1.82) is 0 Å². The predicted molar refractivity (Wildman–Crippen MR) is 195 cm³/mol. The molecule has 7 heterocycles. The zero-order valence-corrected chi connectivity index (χ0v) is 31.2. The van der Waals surface area contributed by atoms with Gasteiger partial charge in [-0.1, -0.05) is 82.7 Å². The Morgan fingerprint density at radius 3 is 0.683 bits per heavy atom. The van der Waals surface area contributed by atoms with Gasteiger partial charge in [-0.3, -0.25) is 0 Å². The number of rotatable bonds is 12. The second-order valence-corrected chi connectivity index (χ2v) is 24.8. The first-order valence-corrected chi connectivity index (χ1v) is 22.6. The Morgan fingerprint density at radius 1 is 0.268 bits per heavy atom. The van der Waals surface area contributed by atoms with Gasteiger partial charge in [0, 0.05) is 0 Å². The van der Waals surface area contributed by atoms with E-state index in [-0.39, 0.29) is 0 Å². The molecule has 0 aliphatic carbocycles. The maximum absolute atomic E-state index is 2.26. The maximum atomic E-state index is 2.26. The van der Waals surface area contributed by atoms with Crippen molar-refractivity contribution in [2.75, 3.05) is 0 Å². The smallest absolute Gasteiger partial charge is 0.0666 e. The lowest BCUT2D eigenvalue weighted by atomic mass is 10.7. The van der Waals surface area contributed by atoms with Crippen LogP contribution >= 0.6 is 150 Å². The summed E-state index contributed by atoms with van der Waals surface area (Å²) in [5.41, 5.74) is 0. The van der Waals surface area contributed by atoms with Crippen LogP contribution in [0.25, 0.3) is 0 Å². The van der Waals surface area contributed by atoms with Crippen LogP contribution in [0, 0.1) is 0 Å². The summed E-state index contributed by atoms with van der Waals surface area (Å²) in [6, 6.07) is 31.1. The zero-order valence-electron chi connectivity index (χ0n) is 20.5. The summed E-state index contributed by atoms with van der Waals surface area (Å²) in [4.78, 5) is 0. The lowest BCUT2D eigenvalue weighted by Gasteiger charge is -1.95. The van der Waals surface area contributed by atoms with Gasteiger partial charge in [0.2, 0.25) is 0 Å². The second kappa shape index (κ2) is 14.4. The Bertz CT molecular complexity index is 1680. The molecular formula is C28H16S13. The Morgan fingerprint density at radius 2 is 0.488 bits per heavy atom. The molecule has 0 amide bonds. The number of hydrogen-bond acceptors (Lipinski definition) is 13. The number of thiophene rings is 7. The standard InChI is InChI=1S/C28H16S13/c1-3-17(29-15-1)31-19-5-7-21(33-19)35-23-9-11-25(37-23)39-27-13-14-28(41-27)40-26-12-10-24(38-26)36-22-8-6-20(34-22)32-18-4-2-16-30-18/h1-16H. The van der Waals surface area contributed by atoms with Gasteiger partial charge in [0.25, 0.3) is 0 Å². The van der Waals surface area contributed by atoms with E-state index in [1.54, 1.807) is 22.7 Å². The van der Waals surface area contributed by atoms with Gasteiger partial charge in [-0.2, -0.15) is 0 Å². The van der Waals surface area contributed by atoms with Crippen LogP contribution in [0.1, 0.15) is 0 Å². The quantitative estimate of drug-likeness (QED) is 0.121. The fraction of sp³-hybridized carbons (Fsp3) is 0. The third kappa shape index (κ3) is 8.38. The van der Waals surface area contributed by atoms with Gasteiger partial charge < -0.3 is 0 Å². The Hall–Kier alpha value is -0.000000000000000500. The highest BCUT2D eigenvalue weighted by Crippen LogP contribution is 2.48. The zero-order chi connectivity index (χ0) is 27.4. The van der Waals surface area contributed by atoms with Crippen molar-refractivity contribution in [3.8, 4) is 0 Å². The van der Waals surface area contributed by atoms with Gasteiger partial charge >= 0.3 is 0 Å². The van der Waals surface area contributed by atoms with Gasteiger partial charge in [-0.25, -0.2) is 0 Å². The van der Waals surface area contributed by atoms with Crippen molar-refractivity contribution in [2.24, 2.45) is 0 Å². The van der Waals surface area contributed by atoms with Crippen molar-refractivity contribution in [1.82, 2.24) is 0 Å². The van der Waals surface area contributed by atoms with E-state index in [0.717, 1.165) is 0 Å². The van der Waals surface area contributed by atoms with Crippen LogP contribution in [-0.4, -0.2) is 0 Å². The summed E-state index contributed by atoms with van der Waals surface area (Å²) in [5.74, 6) is 0. The fourth-order valence-corrected chi connectivity index (χ4v) is 19.4. The molecule has 7 aromatic heterocycles. The molecule has 0 saturated heterocycles. The molecule has 0 aliphatic rings. The van der Waals surface area contributed by atoms with E-state index >= 15 is 0 Å². The van der Waals surface area contributed by atoms with Gasteiger partial charge in [0.1, 0.15) is 0 Å². The summed E-state index contributed by atoms with van der Waals surface area (Å²) < 4.78 is 16.2. The molecule has 7 aromatic rings. The summed E-state index contributed by atoms with van der Waals surface area (Å²) >= 11 is 24.2. The largest absolute Gasteiger partial charge is 0.137 e. The molecule has 0 aromatic carbocycles. The van der Waals surface area contributed by atoms with Crippen molar-refractivity contribution in [3.63, 3.8) is 0 Å². The first kappa shape index (κ1) is 29.7. The molecule has 0 fully saturated rings. The predicted octanol–water partition coefficient (Wildman–Crippen LogP) is 15.0. The molecular weight excluding hydrogens is 753 g/mol. The van der Waals surface area contributed by atoms with Crippen LogP contribution in [0.4, 0.5) is 0 Å². The summed E-state index contributed by atoms with van der Waals surface area (Å²) in [6.45, 7) is 0. The van der Waals surface area contributed by atoms with Gasteiger partial charge in [-0.05, 0) is 83.6 Å². The fourth-order valence-electron chi connectivity index (χ4n) is 3.30. The Kier molecular flexibility index (Phi) is 10.4. The molecule has 0 N–H and O–H groups in total. The van der Waals surface area contributed by atoms with Crippen molar-refractivity contribution in [2.45, 2.75) is 50.5 Å². The van der Waals surface area contributed by atoms with Gasteiger partial charge in [-0.15, -0.1) is 79.4 Å². The van der Waals surface area contributed by atoms with E-state index in [2.05, 4.69) is 95.7 Å². The van der Waals surface area contributed by atoms with Crippen LogP contribution in [0.3, 0.4) is 0 Å². The molecule has 0 saturated carbocycles. The first-order valence-electron chi connectivity index (χ1n) is 11.8. The molecule has 41 heavy (non-hydrogen) atoms. The summed E-state index contributed by atoms with van der Waals surface area (Å²) in [5, 5.41) is 4.27. The van der Waals surface area contributed by atoms with Crippen LogP contribution in [0.2, 0.25) is 0 Å². The molecule has 0 spiro atoms. The molecule has 13 heteroatoms. The SMILES string of the molecule is c1csc(Sc2ccc(Sc3ccc(Sc4ccc(Sc5ccc(Sc6ccc(Sc7cccs7)s6)s5)s4)s3)s2)c1. The van der Waals surface area contributed by atoms with E-state index in [9.17, 15) is 0 Å². The average molecular weight is 769 g/mol. The normalized spacial score (nSPS) is 11.5. The molecule has 0 bridgehead atoms. The molecule has 206 valence electrons. The van der Waals surface area contributed by atoms with Crippen LogP contribution < -0.4 is 0 Å². The summed E-state index contributed by atoms with van der Waals surface area (Å²) in [7, 11) is 0. The van der Waals surface area contributed by atoms with Crippen LogP contribution in [0.15, 0.2) is 146 Å². The molecule has 7 rings (SSSR count). The minimum Gasteiger partial charge on any atom is -0.137 e. The van der Waals surface area contributed by atoms with Crippen LogP contribution in [0.5, 0.6) is 0 Å². The lowest BCUT2D eigenvalue weighted by molar-refractivity contribution is 1.62. The maximum Gasteiger partial charge on any atom is 0.0666 e. The Labute approximate surface area is 292 Å². The van der Waals surface area contributed by atoms with Gasteiger partial charge in [0.05, 0.1) is 50.5 Å². The molecule has 0 aliphatic heterocycles. The Balaban J connectivity index is 0.911. The molecule has 0 atom stereocenters. The summed E-state index contributed by atoms with van der Waals surface area (Å²) in [6.07, 6.45) is 0. The van der Waals surface area contributed by atoms with E-state index < -0.39 is 0 Å². The van der Waals surface area contributed by atoms with E-state index in [1.165, 1.54) is 50.5 Å². The van der Waals surface area contributed by atoms with Crippen molar-refractivity contribution in [3.05, 3.63) is 95.7 Å². The highest BCUT2D eigenvalue weighted by atomic mass is 32.2. The van der Waals surface area contributed by atoms with Crippen molar-refractivity contribution >= 4 is 150 Å². The monoisotopic (exact) mass is 768 g/mol. The molecule has 0 unspecified atom stereocenters. The van der Waals surface area contributed by atoms with E-state index in [4.69, 9.17) is 0 Å². The minimum absolute atomic E-state index is 1.34. The number of hydrogen-bond donors (Lipinski definition) is 0. The van der Waals surface area contributed by atoms with Crippen LogP contribution in [-0.2, 0) is 0 Å². The highest BCUT2D eigenvalue weighted by molar-refractivity contribution is 8.07. The minimum atomic E-state index is 1.34. The van der Waals surface area contributed by atoms with Crippen molar-refractivity contribution < 1.29 is 0 Å².